The molecule has 1 aromatic heterocycles. The summed E-state index contributed by atoms with van der Waals surface area (Å²) in [4.78, 5) is 8.41. The summed E-state index contributed by atoms with van der Waals surface area (Å²) in [5.41, 5.74) is 2.06. The predicted octanol–water partition coefficient (Wildman–Crippen LogP) is 4.03. The van der Waals surface area contributed by atoms with Gasteiger partial charge in [-0.05, 0) is 18.2 Å². The third-order valence-corrected chi connectivity index (χ3v) is 2.87. The van der Waals surface area contributed by atoms with Crippen molar-refractivity contribution in [1.29, 1.82) is 0 Å². The lowest BCUT2D eigenvalue weighted by Gasteiger charge is -2.06. The first kappa shape index (κ1) is 12.3. The molecule has 3 aromatic rings. The molecule has 2 aromatic carbocycles. The Bertz CT molecular complexity index is 696. The summed E-state index contributed by atoms with van der Waals surface area (Å²) < 4.78 is 13.7. The van der Waals surface area contributed by atoms with Gasteiger partial charge in [-0.1, -0.05) is 36.4 Å². The van der Waals surface area contributed by atoms with Crippen LogP contribution in [-0.4, -0.2) is 9.97 Å². The summed E-state index contributed by atoms with van der Waals surface area (Å²) in [6.45, 7) is 0. The van der Waals surface area contributed by atoms with Crippen LogP contribution in [0.1, 0.15) is 0 Å². The maximum Gasteiger partial charge on any atom is 0.227 e. The topological polar surface area (TPSA) is 37.8 Å². The minimum atomic E-state index is -0.278. The van der Waals surface area contributed by atoms with Crippen molar-refractivity contribution in [1.82, 2.24) is 9.97 Å². The Morgan fingerprint density at radius 1 is 0.800 bits per heavy atom. The van der Waals surface area contributed by atoms with Crippen LogP contribution in [-0.2, 0) is 0 Å². The van der Waals surface area contributed by atoms with E-state index in [4.69, 9.17) is 0 Å². The van der Waals surface area contributed by atoms with Gasteiger partial charge in [0, 0.05) is 29.2 Å². The van der Waals surface area contributed by atoms with Crippen LogP contribution in [0, 0.1) is 5.82 Å². The van der Waals surface area contributed by atoms with E-state index in [1.165, 1.54) is 6.07 Å². The SMILES string of the molecule is Fc1ccccc1-c1cnc(Nc2ccccc2)nc1. The molecule has 0 saturated carbocycles. The first-order valence-corrected chi connectivity index (χ1v) is 6.22. The van der Waals surface area contributed by atoms with Gasteiger partial charge in [-0.25, -0.2) is 14.4 Å². The number of nitrogens with one attached hydrogen (secondary N) is 1. The zero-order valence-electron chi connectivity index (χ0n) is 10.6. The van der Waals surface area contributed by atoms with Crippen molar-refractivity contribution in [2.75, 3.05) is 5.32 Å². The summed E-state index contributed by atoms with van der Waals surface area (Å²) >= 11 is 0. The van der Waals surface area contributed by atoms with Gasteiger partial charge in [-0.15, -0.1) is 0 Å². The molecule has 0 aliphatic rings. The molecule has 0 fully saturated rings. The summed E-state index contributed by atoms with van der Waals surface area (Å²) in [5.74, 6) is 0.205. The number of benzene rings is 2. The van der Waals surface area contributed by atoms with Crippen molar-refractivity contribution in [2.24, 2.45) is 0 Å². The Morgan fingerprint density at radius 3 is 2.15 bits per heavy atom. The molecular formula is C16H12FN3. The van der Waals surface area contributed by atoms with Gasteiger partial charge in [0.15, 0.2) is 0 Å². The number of hydrogen-bond donors (Lipinski definition) is 1. The molecule has 0 bridgehead atoms. The van der Waals surface area contributed by atoms with Gasteiger partial charge in [0.2, 0.25) is 5.95 Å². The highest BCUT2D eigenvalue weighted by Crippen LogP contribution is 2.21. The first-order chi connectivity index (χ1) is 9.83. The smallest absolute Gasteiger partial charge is 0.227 e. The fraction of sp³-hybridized carbons (Fsp3) is 0. The van der Waals surface area contributed by atoms with E-state index >= 15 is 0 Å². The highest BCUT2D eigenvalue weighted by molar-refractivity contribution is 5.63. The van der Waals surface area contributed by atoms with Gasteiger partial charge < -0.3 is 5.32 Å². The molecule has 3 rings (SSSR count). The van der Waals surface area contributed by atoms with Gasteiger partial charge in [-0.3, -0.25) is 0 Å². The molecule has 0 amide bonds. The van der Waals surface area contributed by atoms with E-state index in [1.807, 2.05) is 30.3 Å². The normalized spacial score (nSPS) is 10.2. The van der Waals surface area contributed by atoms with Gasteiger partial charge in [0.1, 0.15) is 5.82 Å². The zero-order chi connectivity index (χ0) is 13.8. The molecule has 1 heterocycles. The third kappa shape index (κ3) is 2.64. The molecule has 98 valence electrons. The second kappa shape index (κ2) is 5.48. The number of nitrogens with zero attached hydrogens (tertiary/aromatic N) is 2. The number of rotatable bonds is 3. The third-order valence-electron chi connectivity index (χ3n) is 2.87. The minimum absolute atomic E-state index is 0.278. The molecule has 1 N–H and O–H groups in total. The zero-order valence-corrected chi connectivity index (χ0v) is 10.6. The second-order valence-electron chi connectivity index (χ2n) is 4.27. The fourth-order valence-electron chi connectivity index (χ4n) is 1.88. The lowest BCUT2D eigenvalue weighted by molar-refractivity contribution is 0.631. The number of aromatic nitrogens is 2. The summed E-state index contributed by atoms with van der Waals surface area (Å²) in [7, 11) is 0. The Morgan fingerprint density at radius 2 is 1.45 bits per heavy atom. The molecular weight excluding hydrogens is 253 g/mol. The van der Waals surface area contributed by atoms with Crippen LogP contribution in [0.25, 0.3) is 11.1 Å². The molecule has 0 radical (unpaired) electrons. The maximum atomic E-state index is 13.7. The van der Waals surface area contributed by atoms with Gasteiger partial charge in [0.25, 0.3) is 0 Å². The maximum absolute atomic E-state index is 13.7. The van der Waals surface area contributed by atoms with Crippen molar-refractivity contribution >= 4 is 11.6 Å². The molecule has 0 unspecified atom stereocenters. The van der Waals surface area contributed by atoms with E-state index in [0.717, 1.165) is 5.69 Å². The quantitative estimate of drug-likeness (QED) is 0.777. The molecule has 4 heteroatoms. The Hall–Kier alpha value is -2.75. The largest absolute Gasteiger partial charge is 0.324 e. The molecule has 0 spiro atoms. The van der Waals surface area contributed by atoms with Crippen molar-refractivity contribution in [2.45, 2.75) is 0 Å². The minimum Gasteiger partial charge on any atom is -0.324 e. The van der Waals surface area contributed by atoms with Crippen molar-refractivity contribution in [3.63, 3.8) is 0 Å². The van der Waals surface area contributed by atoms with E-state index in [0.29, 0.717) is 17.1 Å². The molecule has 20 heavy (non-hydrogen) atoms. The van der Waals surface area contributed by atoms with Crippen LogP contribution < -0.4 is 5.32 Å². The Labute approximate surface area is 116 Å². The van der Waals surface area contributed by atoms with Crippen molar-refractivity contribution < 1.29 is 4.39 Å². The number of hydrogen-bond acceptors (Lipinski definition) is 3. The monoisotopic (exact) mass is 265 g/mol. The van der Waals surface area contributed by atoms with Gasteiger partial charge >= 0.3 is 0 Å². The van der Waals surface area contributed by atoms with Crippen LogP contribution in [0.5, 0.6) is 0 Å². The van der Waals surface area contributed by atoms with Crippen LogP contribution >= 0.6 is 0 Å². The summed E-state index contributed by atoms with van der Waals surface area (Å²) in [6, 6.07) is 16.2. The van der Waals surface area contributed by atoms with E-state index in [9.17, 15) is 4.39 Å². The Kier molecular flexibility index (Phi) is 3.37. The summed E-state index contributed by atoms with van der Waals surface area (Å²) in [5, 5.41) is 3.08. The van der Waals surface area contributed by atoms with E-state index in [1.54, 1.807) is 30.6 Å². The average molecular weight is 265 g/mol. The molecule has 0 aliphatic carbocycles. The standard InChI is InChI=1S/C16H12FN3/c17-15-9-5-4-8-14(15)12-10-18-16(19-11-12)20-13-6-2-1-3-7-13/h1-11H,(H,18,19,20). The van der Waals surface area contributed by atoms with Gasteiger partial charge in [0.05, 0.1) is 0 Å². The molecule has 0 atom stereocenters. The number of halogens is 1. The Balaban J connectivity index is 1.83. The highest BCUT2D eigenvalue weighted by atomic mass is 19.1. The van der Waals surface area contributed by atoms with Crippen LogP contribution in [0.2, 0.25) is 0 Å². The average Bonchev–Trinajstić information content (AvgIpc) is 2.50. The van der Waals surface area contributed by atoms with E-state index in [2.05, 4.69) is 15.3 Å². The highest BCUT2D eigenvalue weighted by Gasteiger charge is 2.05. The summed E-state index contributed by atoms with van der Waals surface area (Å²) in [6.07, 6.45) is 3.22. The fourth-order valence-corrected chi connectivity index (χ4v) is 1.88. The van der Waals surface area contributed by atoms with Crippen molar-refractivity contribution in [3.8, 4) is 11.1 Å². The van der Waals surface area contributed by atoms with Gasteiger partial charge in [-0.2, -0.15) is 0 Å². The molecule has 0 saturated heterocycles. The van der Waals surface area contributed by atoms with Crippen LogP contribution in [0.3, 0.4) is 0 Å². The molecule has 0 aliphatic heterocycles. The first-order valence-electron chi connectivity index (χ1n) is 6.22. The van der Waals surface area contributed by atoms with Crippen LogP contribution in [0.15, 0.2) is 67.0 Å². The molecule has 3 nitrogen and oxygen atoms in total. The lowest BCUT2D eigenvalue weighted by Crippen LogP contribution is -1.96. The van der Waals surface area contributed by atoms with E-state index < -0.39 is 0 Å². The van der Waals surface area contributed by atoms with Crippen molar-refractivity contribution in [3.05, 3.63) is 72.8 Å². The van der Waals surface area contributed by atoms with E-state index in [-0.39, 0.29) is 5.82 Å². The second-order valence-corrected chi connectivity index (χ2v) is 4.27. The lowest BCUT2D eigenvalue weighted by atomic mass is 10.1. The number of para-hydroxylation sites is 1. The predicted molar refractivity (Wildman–Crippen MR) is 77.2 cm³/mol. The van der Waals surface area contributed by atoms with Crippen LogP contribution in [0.4, 0.5) is 16.0 Å². The number of anilines is 2.